The van der Waals surface area contributed by atoms with Gasteiger partial charge in [-0.2, -0.15) is 0 Å². The van der Waals surface area contributed by atoms with Crippen LogP contribution in [-0.2, 0) is 0 Å². The van der Waals surface area contributed by atoms with E-state index in [1.807, 2.05) is 6.92 Å². The number of rotatable bonds is 4. The Kier molecular flexibility index (Phi) is 4.84. The third-order valence-electron chi connectivity index (χ3n) is 3.72. The first-order chi connectivity index (χ1) is 10.4. The molecule has 2 rings (SSSR count). The molecule has 0 fully saturated rings. The number of hydrogen-bond donors (Lipinski definition) is 2. The van der Waals surface area contributed by atoms with E-state index < -0.39 is 17.6 Å². The monoisotopic (exact) mass is 320 g/mol. The molecule has 0 aliphatic heterocycles. The maximum Gasteiger partial charge on any atom is 0.197 e. The maximum absolute atomic E-state index is 14.7. The maximum atomic E-state index is 14.7. The lowest BCUT2D eigenvalue weighted by molar-refractivity contribution is 0.103. The number of ketones is 1. The summed E-state index contributed by atoms with van der Waals surface area (Å²) in [6, 6.07) is 7.36. The van der Waals surface area contributed by atoms with Crippen molar-refractivity contribution in [2.24, 2.45) is 5.73 Å². The number of aryl methyl sites for hydroxylation is 1. The van der Waals surface area contributed by atoms with E-state index in [1.54, 1.807) is 25.1 Å². The molecule has 0 bridgehead atoms. The van der Waals surface area contributed by atoms with Gasteiger partial charge in [-0.1, -0.05) is 24.6 Å². The Balaban J connectivity index is 2.55. The van der Waals surface area contributed by atoms with Gasteiger partial charge in [-0.05, 0) is 43.2 Å². The van der Waals surface area contributed by atoms with Gasteiger partial charge in [-0.15, -0.1) is 0 Å². The van der Waals surface area contributed by atoms with Crippen LogP contribution in [0, 0.1) is 12.7 Å². The molecule has 0 heterocycles. The average Bonchev–Trinajstić information content (AvgIpc) is 2.49. The molecule has 0 radical (unpaired) electrons. The fourth-order valence-corrected chi connectivity index (χ4v) is 2.48. The molecule has 4 N–H and O–H groups in total. The van der Waals surface area contributed by atoms with Crippen LogP contribution in [0.4, 0.5) is 10.1 Å². The van der Waals surface area contributed by atoms with Gasteiger partial charge < -0.3 is 11.5 Å². The Labute approximate surface area is 134 Å². The second kappa shape index (κ2) is 6.46. The zero-order chi connectivity index (χ0) is 16.4. The molecule has 2 aromatic carbocycles. The van der Waals surface area contributed by atoms with Gasteiger partial charge >= 0.3 is 0 Å². The smallest absolute Gasteiger partial charge is 0.197 e. The van der Waals surface area contributed by atoms with Crippen molar-refractivity contribution in [3.8, 4) is 0 Å². The van der Waals surface area contributed by atoms with Crippen LogP contribution in [-0.4, -0.2) is 5.78 Å². The lowest BCUT2D eigenvalue weighted by Gasteiger charge is -2.14. The Morgan fingerprint density at radius 2 is 2.00 bits per heavy atom. The highest BCUT2D eigenvalue weighted by Gasteiger charge is 2.22. The van der Waals surface area contributed by atoms with Gasteiger partial charge in [0.15, 0.2) is 5.78 Å². The van der Waals surface area contributed by atoms with E-state index in [0.29, 0.717) is 23.2 Å². The first-order valence-electron chi connectivity index (χ1n) is 7.01. The zero-order valence-corrected chi connectivity index (χ0v) is 13.2. The number of nitrogen functional groups attached to an aromatic ring is 1. The van der Waals surface area contributed by atoms with Gasteiger partial charge in [0.2, 0.25) is 0 Å². The molecule has 0 spiro atoms. The molecule has 0 amide bonds. The van der Waals surface area contributed by atoms with Crippen LogP contribution < -0.4 is 11.5 Å². The summed E-state index contributed by atoms with van der Waals surface area (Å²) in [5, 5.41) is 0.0732. The molecule has 0 aromatic heterocycles. The van der Waals surface area contributed by atoms with Crippen molar-refractivity contribution in [1.82, 2.24) is 0 Å². The van der Waals surface area contributed by atoms with E-state index in [-0.39, 0.29) is 10.6 Å². The van der Waals surface area contributed by atoms with Gasteiger partial charge in [-0.25, -0.2) is 4.39 Å². The van der Waals surface area contributed by atoms with E-state index in [0.717, 1.165) is 5.56 Å². The molecule has 0 aliphatic rings. The molecule has 0 aliphatic carbocycles. The standard InChI is InChI=1S/C17H18ClFN2O/c1-3-13(20)11-5-6-12(18)15(16(11)19)17(22)10-4-7-14(21)9(2)8-10/h4-8,13H,3,20-21H2,1-2H3. The summed E-state index contributed by atoms with van der Waals surface area (Å²) in [5.74, 6) is -1.13. The highest BCUT2D eigenvalue weighted by molar-refractivity contribution is 6.35. The molecule has 22 heavy (non-hydrogen) atoms. The van der Waals surface area contributed by atoms with Crippen molar-refractivity contribution in [1.29, 1.82) is 0 Å². The van der Waals surface area contributed by atoms with Gasteiger partial charge in [0.1, 0.15) is 5.82 Å². The number of halogens is 2. The van der Waals surface area contributed by atoms with Crippen LogP contribution >= 0.6 is 11.6 Å². The average molecular weight is 321 g/mol. The second-order valence-corrected chi connectivity index (χ2v) is 5.65. The topological polar surface area (TPSA) is 69.1 Å². The van der Waals surface area contributed by atoms with Crippen molar-refractivity contribution in [2.75, 3.05) is 5.73 Å². The molecular formula is C17H18ClFN2O. The minimum Gasteiger partial charge on any atom is -0.399 e. The minimum atomic E-state index is -0.652. The van der Waals surface area contributed by atoms with Gasteiger partial charge in [0, 0.05) is 22.9 Å². The molecule has 5 heteroatoms. The van der Waals surface area contributed by atoms with Crippen molar-refractivity contribution < 1.29 is 9.18 Å². The number of benzene rings is 2. The van der Waals surface area contributed by atoms with Crippen LogP contribution in [0.3, 0.4) is 0 Å². The molecular weight excluding hydrogens is 303 g/mol. The number of nitrogens with two attached hydrogens (primary N) is 2. The fourth-order valence-electron chi connectivity index (χ4n) is 2.24. The molecule has 1 unspecified atom stereocenters. The van der Waals surface area contributed by atoms with E-state index >= 15 is 0 Å². The van der Waals surface area contributed by atoms with Crippen LogP contribution in [0.1, 0.15) is 46.4 Å². The molecule has 0 saturated carbocycles. The summed E-state index contributed by atoms with van der Waals surface area (Å²) in [5.41, 5.74) is 13.4. The third-order valence-corrected chi connectivity index (χ3v) is 4.03. The molecule has 116 valence electrons. The number of hydrogen-bond acceptors (Lipinski definition) is 3. The Bertz CT molecular complexity index is 731. The van der Waals surface area contributed by atoms with E-state index in [1.165, 1.54) is 12.1 Å². The van der Waals surface area contributed by atoms with Crippen LogP contribution in [0.2, 0.25) is 5.02 Å². The predicted molar refractivity (Wildman–Crippen MR) is 87.7 cm³/mol. The van der Waals surface area contributed by atoms with Gasteiger partial charge in [0.05, 0.1) is 10.6 Å². The Morgan fingerprint density at radius 1 is 1.32 bits per heavy atom. The van der Waals surface area contributed by atoms with Crippen LogP contribution in [0.5, 0.6) is 0 Å². The highest BCUT2D eigenvalue weighted by atomic mass is 35.5. The Morgan fingerprint density at radius 3 is 2.59 bits per heavy atom. The third kappa shape index (κ3) is 2.98. The second-order valence-electron chi connectivity index (χ2n) is 5.24. The van der Waals surface area contributed by atoms with Gasteiger partial charge in [0.25, 0.3) is 0 Å². The predicted octanol–water partition coefficient (Wildman–Crippen LogP) is 4.01. The summed E-state index contributed by atoms with van der Waals surface area (Å²) in [7, 11) is 0. The van der Waals surface area contributed by atoms with Gasteiger partial charge in [-0.3, -0.25) is 4.79 Å². The quantitative estimate of drug-likeness (QED) is 0.660. The Hall–Kier alpha value is -1.91. The zero-order valence-electron chi connectivity index (χ0n) is 12.5. The summed E-state index contributed by atoms with van der Waals surface area (Å²) in [6.45, 7) is 3.64. The lowest BCUT2D eigenvalue weighted by atomic mass is 9.96. The summed E-state index contributed by atoms with van der Waals surface area (Å²) < 4.78 is 14.7. The van der Waals surface area contributed by atoms with E-state index in [2.05, 4.69) is 0 Å². The highest BCUT2D eigenvalue weighted by Crippen LogP contribution is 2.29. The molecule has 3 nitrogen and oxygen atoms in total. The SMILES string of the molecule is CCC(N)c1ccc(Cl)c(C(=O)c2ccc(N)c(C)c2)c1F. The fraction of sp³-hybridized carbons (Fsp3) is 0.235. The number of carbonyl (C=O) groups is 1. The number of carbonyl (C=O) groups excluding carboxylic acids is 1. The van der Waals surface area contributed by atoms with Crippen molar-refractivity contribution in [2.45, 2.75) is 26.3 Å². The first kappa shape index (κ1) is 16.5. The van der Waals surface area contributed by atoms with E-state index in [4.69, 9.17) is 23.1 Å². The minimum absolute atomic E-state index is 0.0732. The van der Waals surface area contributed by atoms with Crippen molar-refractivity contribution in [3.63, 3.8) is 0 Å². The molecule has 2 aromatic rings. The van der Waals surface area contributed by atoms with Crippen molar-refractivity contribution >= 4 is 23.1 Å². The van der Waals surface area contributed by atoms with Crippen molar-refractivity contribution in [3.05, 3.63) is 63.4 Å². The molecule has 0 saturated heterocycles. The number of anilines is 1. The largest absolute Gasteiger partial charge is 0.399 e. The summed E-state index contributed by atoms with van der Waals surface area (Å²) in [6.07, 6.45) is 0.563. The summed E-state index contributed by atoms with van der Waals surface area (Å²) >= 11 is 6.04. The first-order valence-corrected chi connectivity index (χ1v) is 7.38. The normalized spacial score (nSPS) is 12.2. The lowest BCUT2D eigenvalue weighted by Crippen LogP contribution is -2.15. The van der Waals surface area contributed by atoms with Crippen LogP contribution in [0.15, 0.2) is 30.3 Å². The van der Waals surface area contributed by atoms with Crippen LogP contribution in [0.25, 0.3) is 0 Å². The van der Waals surface area contributed by atoms with E-state index in [9.17, 15) is 9.18 Å². The molecule has 1 atom stereocenters. The summed E-state index contributed by atoms with van der Waals surface area (Å²) in [4.78, 5) is 12.6.